The molecule has 0 aliphatic carbocycles. The monoisotopic (exact) mass is 388 g/mol. The lowest BCUT2D eigenvalue weighted by Crippen LogP contribution is -2.29. The van der Waals surface area contributed by atoms with Gasteiger partial charge in [0.2, 0.25) is 0 Å². The summed E-state index contributed by atoms with van der Waals surface area (Å²) in [6.45, 7) is 2.88. The van der Waals surface area contributed by atoms with Crippen LogP contribution in [0.5, 0.6) is 0 Å². The van der Waals surface area contributed by atoms with E-state index in [4.69, 9.17) is 0 Å². The molecule has 29 heavy (non-hydrogen) atoms. The highest BCUT2D eigenvalue weighted by atomic mass is 19.1. The first kappa shape index (κ1) is 18.9. The second-order valence-electron chi connectivity index (χ2n) is 7.20. The summed E-state index contributed by atoms with van der Waals surface area (Å²) in [5, 5.41) is 2.75. The van der Waals surface area contributed by atoms with Gasteiger partial charge in [-0.25, -0.2) is 4.39 Å². The Morgan fingerprint density at radius 2 is 1.79 bits per heavy atom. The number of carbonyl (C=O) groups excluding carboxylic acids is 2. The molecule has 0 bridgehead atoms. The Balaban J connectivity index is 1.50. The zero-order valence-corrected chi connectivity index (χ0v) is 16.1. The van der Waals surface area contributed by atoms with Gasteiger partial charge in [0.05, 0.1) is 5.56 Å². The van der Waals surface area contributed by atoms with Gasteiger partial charge in [0, 0.05) is 24.3 Å². The number of hydrogen-bond donors (Lipinski definition) is 1. The molecule has 3 aromatic rings. The third kappa shape index (κ3) is 3.90. The van der Waals surface area contributed by atoms with E-state index in [1.54, 1.807) is 17.0 Å². The number of aryl methyl sites for hydroxylation is 1. The quantitative estimate of drug-likeness (QED) is 0.726. The number of fused-ring (bicyclic) bond motifs is 1. The Morgan fingerprint density at radius 1 is 1.03 bits per heavy atom. The number of rotatable bonds is 4. The van der Waals surface area contributed by atoms with E-state index in [2.05, 4.69) is 5.32 Å². The van der Waals surface area contributed by atoms with Gasteiger partial charge in [0.15, 0.2) is 0 Å². The summed E-state index contributed by atoms with van der Waals surface area (Å²) in [6, 6.07) is 19.3. The molecule has 1 aliphatic rings. The lowest BCUT2D eigenvalue weighted by atomic mass is 10.1. The van der Waals surface area contributed by atoms with Gasteiger partial charge in [-0.3, -0.25) is 9.59 Å². The number of benzene rings is 3. The Hall–Kier alpha value is -3.47. The topological polar surface area (TPSA) is 49.4 Å². The molecule has 4 nitrogen and oxygen atoms in total. The summed E-state index contributed by atoms with van der Waals surface area (Å²) in [5.41, 5.74) is 4.61. The first-order valence-electron chi connectivity index (χ1n) is 9.56. The second-order valence-corrected chi connectivity index (χ2v) is 7.20. The van der Waals surface area contributed by atoms with Gasteiger partial charge < -0.3 is 10.2 Å². The molecule has 146 valence electrons. The predicted octanol–water partition coefficient (Wildman–Crippen LogP) is 4.27. The van der Waals surface area contributed by atoms with Crippen LogP contribution in [0.25, 0.3) is 0 Å². The maximum absolute atomic E-state index is 13.8. The van der Waals surface area contributed by atoms with Crippen LogP contribution in [-0.4, -0.2) is 18.4 Å². The van der Waals surface area contributed by atoms with Crippen LogP contribution in [0.4, 0.5) is 10.1 Å². The van der Waals surface area contributed by atoms with E-state index in [9.17, 15) is 14.0 Å². The molecule has 0 atom stereocenters. The van der Waals surface area contributed by atoms with Crippen molar-refractivity contribution in [3.05, 3.63) is 100 Å². The van der Waals surface area contributed by atoms with Gasteiger partial charge in [-0.15, -0.1) is 0 Å². The van der Waals surface area contributed by atoms with E-state index in [1.165, 1.54) is 12.1 Å². The van der Waals surface area contributed by atoms with Crippen molar-refractivity contribution >= 4 is 17.5 Å². The summed E-state index contributed by atoms with van der Waals surface area (Å²) in [4.78, 5) is 27.0. The minimum atomic E-state index is -0.547. The summed E-state index contributed by atoms with van der Waals surface area (Å²) < 4.78 is 13.8. The highest BCUT2D eigenvalue weighted by molar-refractivity contribution is 6.07. The van der Waals surface area contributed by atoms with Crippen LogP contribution in [0.3, 0.4) is 0 Å². The van der Waals surface area contributed by atoms with E-state index in [0.29, 0.717) is 12.1 Å². The fourth-order valence-corrected chi connectivity index (χ4v) is 3.52. The molecule has 0 saturated carbocycles. The second kappa shape index (κ2) is 7.87. The van der Waals surface area contributed by atoms with Crippen molar-refractivity contribution in [1.29, 1.82) is 0 Å². The van der Waals surface area contributed by atoms with Gasteiger partial charge in [0.1, 0.15) is 5.82 Å². The number of hydrogen-bond acceptors (Lipinski definition) is 2. The summed E-state index contributed by atoms with van der Waals surface area (Å²) in [7, 11) is 0. The Bertz CT molecular complexity index is 1080. The van der Waals surface area contributed by atoms with E-state index >= 15 is 0 Å². The molecule has 4 rings (SSSR count). The molecule has 0 radical (unpaired) electrons. The van der Waals surface area contributed by atoms with Crippen LogP contribution in [-0.2, 0) is 13.0 Å². The van der Waals surface area contributed by atoms with Crippen molar-refractivity contribution in [3.63, 3.8) is 0 Å². The van der Waals surface area contributed by atoms with E-state index in [1.807, 2.05) is 49.4 Å². The third-order valence-corrected chi connectivity index (χ3v) is 5.16. The molecule has 1 N–H and O–H groups in total. The van der Waals surface area contributed by atoms with Crippen LogP contribution in [0.1, 0.15) is 37.4 Å². The predicted molar refractivity (Wildman–Crippen MR) is 111 cm³/mol. The maximum Gasteiger partial charge on any atom is 0.258 e. The molecule has 5 heteroatoms. The van der Waals surface area contributed by atoms with Crippen molar-refractivity contribution in [2.24, 2.45) is 0 Å². The van der Waals surface area contributed by atoms with E-state index in [-0.39, 0.29) is 18.0 Å². The van der Waals surface area contributed by atoms with Crippen molar-refractivity contribution in [1.82, 2.24) is 5.32 Å². The molecule has 0 saturated heterocycles. The standard InChI is InChI=1S/C24H21FN2O2/c1-16-6-9-19(10-7-16)24(29)27-13-12-18-11-8-17(14-22(18)27)15-26-23(28)20-4-2-3-5-21(20)25/h2-11,14H,12-13,15H2,1H3,(H,26,28). The Morgan fingerprint density at radius 3 is 2.55 bits per heavy atom. The largest absolute Gasteiger partial charge is 0.348 e. The van der Waals surface area contributed by atoms with Gasteiger partial charge in [-0.1, -0.05) is 42.0 Å². The molecule has 1 heterocycles. The van der Waals surface area contributed by atoms with Crippen LogP contribution >= 0.6 is 0 Å². The minimum absolute atomic E-state index is 0.0184. The average Bonchev–Trinajstić information content (AvgIpc) is 3.15. The van der Waals surface area contributed by atoms with Crippen molar-refractivity contribution in [2.75, 3.05) is 11.4 Å². The molecular formula is C24H21FN2O2. The van der Waals surface area contributed by atoms with Crippen LogP contribution < -0.4 is 10.2 Å². The van der Waals surface area contributed by atoms with Gasteiger partial charge in [-0.05, 0) is 54.8 Å². The molecule has 3 aromatic carbocycles. The highest BCUT2D eigenvalue weighted by Gasteiger charge is 2.25. The normalized spacial score (nSPS) is 12.6. The number of carbonyl (C=O) groups is 2. The SMILES string of the molecule is Cc1ccc(C(=O)N2CCc3ccc(CNC(=O)c4ccccc4F)cc32)cc1. The maximum atomic E-state index is 13.8. The minimum Gasteiger partial charge on any atom is -0.348 e. The summed E-state index contributed by atoms with van der Waals surface area (Å²) in [5.74, 6) is -1.04. The van der Waals surface area contributed by atoms with Crippen LogP contribution in [0.15, 0.2) is 66.7 Å². The number of anilines is 1. The number of nitrogens with one attached hydrogen (secondary N) is 1. The first-order valence-corrected chi connectivity index (χ1v) is 9.56. The molecule has 2 amide bonds. The van der Waals surface area contributed by atoms with E-state index in [0.717, 1.165) is 28.8 Å². The average molecular weight is 388 g/mol. The molecular weight excluding hydrogens is 367 g/mol. The molecule has 0 unspecified atom stereocenters. The summed E-state index contributed by atoms with van der Waals surface area (Å²) >= 11 is 0. The lowest BCUT2D eigenvalue weighted by molar-refractivity contribution is 0.0945. The van der Waals surface area contributed by atoms with E-state index < -0.39 is 11.7 Å². The number of halogens is 1. The smallest absolute Gasteiger partial charge is 0.258 e. The number of amides is 2. The molecule has 0 spiro atoms. The fourth-order valence-electron chi connectivity index (χ4n) is 3.52. The lowest BCUT2D eigenvalue weighted by Gasteiger charge is -2.18. The number of nitrogens with zero attached hydrogens (tertiary/aromatic N) is 1. The van der Waals surface area contributed by atoms with Crippen LogP contribution in [0, 0.1) is 12.7 Å². The van der Waals surface area contributed by atoms with Crippen LogP contribution in [0.2, 0.25) is 0 Å². The third-order valence-electron chi connectivity index (χ3n) is 5.16. The fraction of sp³-hybridized carbons (Fsp3) is 0.167. The molecule has 1 aliphatic heterocycles. The van der Waals surface area contributed by atoms with Crippen molar-refractivity contribution < 1.29 is 14.0 Å². The van der Waals surface area contributed by atoms with Crippen molar-refractivity contribution in [2.45, 2.75) is 19.9 Å². The van der Waals surface area contributed by atoms with Crippen molar-refractivity contribution in [3.8, 4) is 0 Å². The zero-order chi connectivity index (χ0) is 20.4. The van der Waals surface area contributed by atoms with Gasteiger partial charge in [-0.2, -0.15) is 0 Å². The molecule has 0 fully saturated rings. The zero-order valence-electron chi connectivity index (χ0n) is 16.1. The molecule has 0 aromatic heterocycles. The highest BCUT2D eigenvalue weighted by Crippen LogP contribution is 2.30. The Kier molecular flexibility index (Phi) is 5.12. The van der Waals surface area contributed by atoms with Gasteiger partial charge in [0.25, 0.3) is 11.8 Å². The van der Waals surface area contributed by atoms with Gasteiger partial charge >= 0.3 is 0 Å². The first-order chi connectivity index (χ1) is 14.0. The Labute approximate surface area is 169 Å². The summed E-state index contributed by atoms with van der Waals surface area (Å²) in [6.07, 6.45) is 0.800.